The van der Waals surface area contributed by atoms with Crippen molar-refractivity contribution in [1.29, 1.82) is 0 Å². The molecule has 2 rings (SSSR count). The second-order valence-corrected chi connectivity index (χ2v) is 5.66. The molecule has 0 fully saturated rings. The Labute approximate surface area is 115 Å². The minimum absolute atomic E-state index is 0.0774. The van der Waals surface area contributed by atoms with Gasteiger partial charge in [0.15, 0.2) is 5.82 Å². The van der Waals surface area contributed by atoms with Crippen molar-refractivity contribution >= 4 is 33.3 Å². The first kappa shape index (κ1) is 13.6. The summed E-state index contributed by atoms with van der Waals surface area (Å²) in [6, 6.07) is 5.98. The first-order valence-corrected chi connectivity index (χ1v) is 7.16. The number of hydrogen-bond acceptors (Lipinski definition) is 5. The standard InChI is InChI=1S/C11H11ClN4O2S/c1-13-10-7-8(4-6-14-10)19(17,18)16-11-9(12)3-2-5-15-11/h2-7H,1H3,(H,13,14)(H,15,16). The molecule has 0 atom stereocenters. The lowest BCUT2D eigenvalue weighted by atomic mass is 10.5. The van der Waals surface area contributed by atoms with Gasteiger partial charge in [-0.1, -0.05) is 11.6 Å². The van der Waals surface area contributed by atoms with E-state index >= 15 is 0 Å². The molecule has 0 amide bonds. The molecule has 0 unspecified atom stereocenters. The number of anilines is 2. The van der Waals surface area contributed by atoms with E-state index in [9.17, 15) is 8.42 Å². The average molecular weight is 299 g/mol. The lowest BCUT2D eigenvalue weighted by molar-refractivity contribution is 0.601. The van der Waals surface area contributed by atoms with E-state index in [-0.39, 0.29) is 15.7 Å². The molecule has 0 spiro atoms. The first-order chi connectivity index (χ1) is 9.03. The highest BCUT2D eigenvalue weighted by Crippen LogP contribution is 2.22. The maximum Gasteiger partial charge on any atom is 0.263 e. The molecule has 6 nitrogen and oxygen atoms in total. The summed E-state index contributed by atoms with van der Waals surface area (Å²) in [5.74, 6) is 0.543. The van der Waals surface area contributed by atoms with Gasteiger partial charge in [0.1, 0.15) is 5.82 Å². The number of halogens is 1. The SMILES string of the molecule is CNc1cc(S(=O)(=O)Nc2ncccc2Cl)ccn1. The molecule has 0 radical (unpaired) electrons. The third-order valence-corrected chi connectivity index (χ3v) is 3.93. The monoisotopic (exact) mass is 298 g/mol. The lowest BCUT2D eigenvalue weighted by Crippen LogP contribution is -2.14. The van der Waals surface area contributed by atoms with Crippen LogP contribution in [0.15, 0.2) is 41.6 Å². The van der Waals surface area contributed by atoms with Crippen LogP contribution in [0.3, 0.4) is 0 Å². The van der Waals surface area contributed by atoms with E-state index in [0.717, 1.165) is 0 Å². The van der Waals surface area contributed by atoms with Crippen LogP contribution in [-0.4, -0.2) is 25.4 Å². The smallest absolute Gasteiger partial charge is 0.263 e. The van der Waals surface area contributed by atoms with Crippen LogP contribution < -0.4 is 10.0 Å². The van der Waals surface area contributed by atoms with E-state index in [4.69, 9.17) is 11.6 Å². The van der Waals surface area contributed by atoms with Gasteiger partial charge in [-0.25, -0.2) is 18.4 Å². The second kappa shape index (κ2) is 5.41. The first-order valence-electron chi connectivity index (χ1n) is 5.30. The van der Waals surface area contributed by atoms with Crippen LogP contribution in [-0.2, 0) is 10.0 Å². The molecule has 100 valence electrons. The van der Waals surface area contributed by atoms with Crippen LogP contribution in [0, 0.1) is 0 Å². The molecule has 2 heterocycles. The Morgan fingerprint density at radius 1 is 1.21 bits per heavy atom. The third-order valence-electron chi connectivity index (χ3n) is 2.29. The summed E-state index contributed by atoms with van der Waals surface area (Å²) in [5, 5.41) is 3.00. The van der Waals surface area contributed by atoms with E-state index in [1.165, 1.54) is 24.5 Å². The molecule has 2 aromatic rings. The summed E-state index contributed by atoms with van der Waals surface area (Å²) in [7, 11) is -2.09. The normalized spacial score (nSPS) is 11.1. The summed E-state index contributed by atoms with van der Waals surface area (Å²) in [6.45, 7) is 0. The molecule has 0 bridgehead atoms. The van der Waals surface area contributed by atoms with Crippen molar-refractivity contribution in [1.82, 2.24) is 9.97 Å². The second-order valence-electron chi connectivity index (χ2n) is 3.57. The molecule has 2 aromatic heterocycles. The largest absolute Gasteiger partial charge is 0.373 e. The Morgan fingerprint density at radius 3 is 2.68 bits per heavy atom. The van der Waals surface area contributed by atoms with Crippen LogP contribution in [0.4, 0.5) is 11.6 Å². The van der Waals surface area contributed by atoms with Gasteiger partial charge >= 0.3 is 0 Å². The van der Waals surface area contributed by atoms with Crippen molar-refractivity contribution in [2.75, 3.05) is 17.1 Å². The van der Waals surface area contributed by atoms with Gasteiger partial charge in [-0.15, -0.1) is 0 Å². The van der Waals surface area contributed by atoms with E-state index < -0.39 is 10.0 Å². The highest BCUT2D eigenvalue weighted by molar-refractivity contribution is 7.92. The van der Waals surface area contributed by atoms with Crippen molar-refractivity contribution in [2.45, 2.75) is 4.90 Å². The summed E-state index contributed by atoms with van der Waals surface area (Å²) in [6.07, 6.45) is 2.86. The van der Waals surface area contributed by atoms with Gasteiger partial charge in [0.05, 0.1) is 9.92 Å². The Hall–Kier alpha value is -1.86. The summed E-state index contributed by atoms with van der Waals surface area (Å²) in [4.78, 5) is 7.91. The van der Waals surface area contributed by atoms with Crippen molar-refractivity contribution in [2.24, 2.45) is 0 Å². The third kappa shape index (κ3) is 3.12. The predicted octanol–water partition coefficient (Wildman–Crippen LogP) is 1.97. The molecule has 8 heteroatoms. The molecule has 0 saturated carbocycles. The summed E-state index contributed by atoms with van der Waals surface area (Å²) in [5.41, 5.74) is 0. The van der Waals surface area contributed by atoms with Gasteiger partial charge < -0.3 is 5.32 Å². The molecule has 0 aliphatic rings. The van der Waals surface area contributed by atoms with E-state index in [2.05, 4.69) is 20.0 Å². The van der Waals surface area contributed by atoms with Crippen molar-refractivity contribution in [3.8, 4) is 0 Å². The molecule has 0 aliphatic carbocycles. The highest BCUT2D eigenvalue weighted by Gasteiger charge is 2.16. The van der Waals surface area contributed by atoms with Crippen LogP contribution in [0.25, 0.3) is 0 Å². The molecule has 0 aliphatic heterocycles. The number of rotatable bonds is 4. The van der Waals surface area contributed by atoms with Gasteiger partial charge in [-0.05, 0) is 18.2 Å². The fraction of sp³-hybridized carbons (Fsp3) is 0.0909. The molecular formula is C11H11ClN4O2S. The fourth-order valence-corrected chi connectivity index (χ4v) is 2.63. The zero-order valence-corrected chi connectivity index (χ0v) is 11.5. The number of sulfonamides is 1. The van der Waals surface area contributed by atoms with Gasteiger partial charge in [-0.3, -0.25) is 4.72 Å². The van der Waals surface area contributed by atoms with Gasteiger partial charge in [0.2, 0.25) is 0 Å². The van der Waals surface area contributed by atoms with E-state index in [1.54, 1.807) is 19.2 Å². The Balaban J connectivity index is 2.35. The number of nitrogens with zero attached hydrogens (tertiary/aromatic N) is 2. The minimum Gasteiger partial charge on any atom is -0.373 e. The van der Waals surface area contributed by atoms with Gasteiger partial charge in [-0.2, -0.15) is 0 Å². The van der Waals surface area contributed by atoms with Crippen LogP contribution in [0.5, 0.6) is 0 Å². The zero-order chi connectivity index (χ0) is 13.9. The minimum atomic E-state index is -3.75. The van der Waals surface area contributed by atoms with E-state index in [0.29, 0.717) is 5.82 Å². The topological polar surface area (TPSA) is 84.0 Å². The van der Waals surface area contributed by atoms with Gasteiger partial charge in [0, 0.05) is 25.5 Å². The lowest BCUT2D eigenvalue weighted by Gasteiger charge is -2.09. The predicted molar refractivity (Wildman–Crippen MR) is 73.8 cm³/mol. The van der Waals surface area contributed by atoms with Crippen LogP contribution >= 0.6 is 11.6 Å². The quantitative estimate of drug-likeness (QED) is 0.901. The number of pyridine rings is 2. The average Bonchev–Trinajstić information content (AvgIpc) is 2.41. The maximum atomic E-state index is 12.2. The molecule has 2 N–H and O–H groups in total. The molecule has 19 heavy (non-hydrogen) atoms. The van der Waals surface area contributed by atoms with Crippen LogP contribution in [0.2, 0.25) is 5.02 Å². The summed E-state index contributed by atoms with van der Waals surface area (Å²) < 4.78 is 26.6. The Bertz CT molecular complexity index is 691. The molecule has 0 saturated heterocycles. The summed E-state index contributed by atoms with van der Waals surface area (Å²) >= 11 is 5.86. The fourth-order valence-electron chi connectivity index (χ4n) is 1.36. The molecule has 0 aromatic carbocycles. The maximum absolute atomic E-state index is 12.2. The van der Waals surface area contributed by atoms with E-state index in [1.807, 2.05) is 0 Å². The Kier molecular flexibility index (Phi) is 3.87. The number of aromatic nitrogens is 2. The van der Waals surface area contributed by atoms with Crippen molar-refractivity contribution in [3.63, 3.8) is 0 Å². The van der Waals surface area contributed by atoms with Crippen molar-refractivity contribution in [3.05, 3.63) is 41.7 Å². The van der Waals surface area contributed by atoms with Crippen molar-refractivity contribution < 1.29 is 8.42 Å². The number of nitrogens with one attached hydrogen (secondary N) is 2. The van der Waals surface area contributed by atoms with Gasteiger partial charge in [0.25, 0.3) is 10.0 Å². The zero-order valence-electron chi connectivity index (χ0n) is 9.96. The Morgan fingerprint density at radius 2 is 2.00 bits per heavy atom. The van der Waals surface area contributed by atoms with Crippen LogP contribution in [0.1, 0.15) is 0 Å². The molecular weight excluding hydrogens is 288 g/mol. The number of hydrogen-bond donors (Lipinski definition) is 2. The highest BCUT2D eigenvalue weighted by atomic mass is 35.5.